The molecule has 1 aromatic carbocycles. The van der Waals surface area contributed by atoms with Crippen LogP contribution < -0.4 is 5.32 Å². The van der Waals surface area contributed by atoms with E-state index in [1.807, 2.05) is 18.2 Å². The van der Waals surface area contributed by atoms with Gasteiger partial charge in [-0.2, -0.15) is 0 Å². The highest BCUT2D eigenvalue weighted by Gasteiger charge is 2.34. The number of unbranched alkanes of at least 4 members (excludes halogenated alkanes) is 9. The number of methoxy groups -OCH3 is 1. The van der Waals surface area contributed by atoms with Gasteiger partial charge in [0, 0.05) is 19.2 Å². The van der Waals surface area contributed by atoms with Gasteiger partial charge in [-0.15, -0.1) is 0 Å². The van der Waals surface area contributed by atoms with Crippen LogP contribution in [-0.4, -0.2) is 55.9 Å². The van der Waals surface area contributed by atoms with Crippen LogP contribution in [0.15, 0.2) is 30.3 Å². The molecule has 0 aromatic heterocycles. The van der Waals surface area contributed by atoms with Crippen molar-refractivity contribution in [2.24, 2.45) is 0 Å². The first-order valence-electron chi connectivity index (χ1n) is 12.9. The highest BCUT2D eigenvalue weighted by atomic mass is 16.7. The zero-order chi connectivity index (χ0) is 23.7. The Labute approximate surface area is 200 Å². The van der Waals surface area contributed by atoms with Gasteiger partial charge in [0.15, 0.2) is 0 Å². The Morgan fingerprint density at radius 1 is 0.970 bits per heavy atom. The van der Waals surface area contributed by atoms with E-state index in [1.54, 1.807) is 19.2 Å². The van der Waals surface area contributed by atoms with Crippen LogP contribution in [0.4, 0.5) is 0 Å². The summed E-state index contributed by atoms with van der Waals surface area (Å²) in [6.45, 7) is 2.82. The summed E-state index contributed by atoms with van der Waals surface area (Å²) in [6.07, 6.45) is 13.5. The molecule has 0 saturated carbocycles. The lowest BCUT2D eigenvalue weighted by atomic mass is 9.90. The van der Waals surface area contributed by atoms with E-state index < -0.39 is 6.10 Å². The molecule has 0 unspecified atom stereocenters. The van der Waals surface area contributed by atoms with Gasteiger partial charge in [0.05, 0.1) is 18.3 Å². The Hall–Kier alpha value is -1.47. The summed E-state index contributed by atoms with van der Waals surface area (Å²) in [5, 5.41) is 13.9. The number of benzene rings is 1. The molecule has 33 heavy (non-hydrogen) atoms. The number of esters is 1. The predicted octanol–water partition coefficient (Wildman–Crippen LogP) is 5.23. The van der Waals surface area contributed by atoms with Crippen LogP contribution in [0, 0.1) is 0 Å². The number of carbonyl (C=O) groups excluding carboxylic acids is 1. The lowest BCUT2D eigenvalue weighted by Crippen LogP contribution is -2.56. The van der Waals surface area contributed by atoms with E-state index in [2.05, 4.69) is 12.2 Å². The summed E-state index contributed by atoms with van der Waals surface area (Å²) in [7, 11) is 1.60. The second kappa shape index (κ2) is 17.0. The largest absolute Gasteiger partial charge is 0.462 e. The molecule has 6 nitrogen and oxygen atoms in total. The van der Waals surface area contributed by atoms with Gasteiger partial charge in [0.25, 0.3) is 0 Å². The fourth-order valence-corrected chi connectivity index (χ4v) is 4.63. The van der Waals surface area contributed by atoms with Crippen molar-refractivity contribution in [3.8, 4) is 0 Å². The molecule has 0 spiro atoms. The van der Waals surface area contributed by atoms with Crippen molar-refractivity contribution >= 4 is 5.97 Å². The maximum absolute atomic E-state index is 11.8. The molecule has 2 N–H and O–H groups in total. The molecule has 1 aliphatic rings. The zero-order valence-electron chi connectivity index (χ0n) is 20.7. The first-order valence-corrected chi connectivity index (χ1v) is 12.9. The van der Waals surface area contributed by atoms with Crippen LogP contribution in [0.1, 0.15) is 94.3 Å². The lowest BCUT2D eigenvalue weighted by molar-refractivity contribution is -0.137. The molecule has 1 aromatic rings. The number of aliphatic hydroxyl groups is 1. The van der Waals surface area contributed by atoms with Crippen LogP contribution in [0.2, 0.25) is 0 Å². The van der Waals surface area contributed by atoms with Gasteiger partial charge in [-0.1, -0.05) is 76.0 Å². The van der Waals surface area contributed by atoms with Gasteiger partial charge in [-0.25, -0.2) is 4.79 Å². The smallest absolute Gasteiger partial charge is 0.338 e. The van der Waals surface area contributed by atoms with Crippen molar-refractivity contribution in [3.05, 3.63) is 35.9 Å². The van der Waals surface area contributed by atoms with Gasteiger partial charge in [0.1, 0.15) is 12.9 Å². The van der Waals surface area contributed by atoms with Gasteiger partial charge >= 0.3 is 5.97 Å². The molecule has 0 amide bonds. The van der Waals surface area contributed by atoms with Crippen molar-refractivity contribution in [2.45, 2.75) is 108 Å². The molecule has 1 aliphatic heterocycles. The average molecular weight is 464 g/mol. The monoisotopic (exact) mass is 463 g/mol. The second-order valence-corrected chi connectivity index (χ2v) is 9.32. The predicted molar refractivity (Wildman–Crippen MR) is 131 cm³/mol. The maximum atomic E-state index is 11.8. The van der Waals surface area contributed by atoms with Crippen LogP contribution in [0.5, 0.6) is 0 Å². The molecular formula is C27H45NO5. The number of hydrogen-bond acceptors (Lipinski definition) is 6. The van der Waals surface area contributed by atoms with Gasteiger partial charge in [-0.3, -0.25) is 0 Å². The van der Waals surface area contributed by atoms with Crippen molar-refractivity contribution in [3.63, 3.8) is 0 Å². The fraction of sp³-hybridized carbons (Fsp3) is 0.741. The average Bonchev–Trinajstić information content (AvgIpc) is 2.82. The Morgan fingerprint density at radius 3 is 2.18 bits per heavy atom. The van der Waals surface area contributed by atoms with E-state index in [-0.39, 0.29) is 24.9 Å². The summed E-state index contributed by atoms with van der Waals surface area (Å²) < 4.78 is 15.9. The molecular weight excluding hydrogens is 418 g/mol. The standard InChI is InChI=1S/C27H45NO5/c1-22-26(33-21-31-2)25(29)20-24(28-22)18-14-9-7-5-3-4-6-8-10-15-19-32-27(30)23-16-12-11-13-17-23/h11-13,16-17,22,24-26,28-29H,3-10,14-15,18-21H2,1-2H3/t22-,24-,25+,26+/m1/s1. The Balaban J connectivity index is 1.36. The third-order valence-electron chi connectivity index (χ3n) is 6.46. The molecule has 0 aliphatic carbocycles. The summed E-state index contributed by atoms with van der Waals surface area (Å²) in [5.41, 5.74) is 0.626. The fourth-order valence-electron chi connectivity index (χ4n) is 4.63. The number of ether oxygens (including phenoxy) is 3. The molecule has 1 heterocycles. The quantitative estimate of drug-likeness (QED) is 0.187. The minimum absolute atomic E-state index is 0.143. The first-order chi connectivity index (χ1) is 16.1. The second-order valence-electron chi connectivity index (χ2n) is 9.32. The van der Waals surface area contributed by atoms with E-state index in [4.69, 9.17) is 14.2 Å². The summed E-state index contributed by atoms with van der Waals surface area (Å²) in [6, 6.07) is 9.70. The zero-order valence-corrected chi connectivity index (χ0v) is 20.7. The molecule has 2 rings (SSSR count). The molecule has 188 valence electrons. The third kappa shape index (κ3) is 11.5. The van der Waals surface area contributed by atoms with Crippen LogP contribution in [0.25, 0.3) is 0 Å². The van der Waals surface area contributed by atoms with Crippen LogP contribution in [-0.2, 0) is 14.2 Å². The number of nitrogens with one attached hydrogen (secondary N) is 1. The van der Waals surface area contributed by atoms with E-state index in [9.17, 15) is 9.90 Å². The van der Waals surface area contributed by atoms with Gasteiger partial charge < -0.3 is 24.6 Å². The van der Waals surface area contributed by atoms with E-state index in [0.29, 0.717) is 18.2 Å². The molecule has 6 heteroatoms. The van der Waals surface area contributed by atoms with Crippen molar-refractivity contribution < 1.29 is 24.1 Å². The molecule has 1 fully saturated rings. The van der Waals surface area contributed by atoms with Crippen molar-refractivity contribution in [2.75, 3.05) is 20.5 Å². The summed E-state index contributed by atoms with van der Waals surface area (Å²) >= 11 is 0. The summed E-state index contributed by atoms with van der Waals surface area (Å²) in [4.78, 5) is 11.8. The molecule has 0 radical (unpaired) electrons. The SMILES string of the molecule is COCO[C@@H]1[C@@H](O)C[C@@H](CCCCCCCCCCCCOC(=O)c2ccccc2)N[C@@H]1C. The molecule has 1 saturated heterocycles. The molecule has 0 bridgehead atoms. The Kier molecular flexibility index (Phi) is 14.3. The Bertz CT molecular complexity index is 614. The Morgan fingerprint density at radius 2 is 1.58 bits per heavy atom. The lowest BCUT2D eigenvalue weighted by Gasteiger charge is -2.39. The van der Waals surface area contributed by atoms with E-state index >= 15 is 0 Å². The van der Waals surface area contributed by atoms with Crippen molar-refractivity contribution in [1.82, 2.24) is 5.32 Å². The third-order valence-corrected chi connectivity index (χ3v) is 6.46. The maximum Gasteiger partial charge on any atom is 0.338 e. The minimum atomic E-state index is -0.419. The van der Waals surface area contributed by atoms with Gasteiger partial charge in [-0.05, 0) is 38.3 Å². The topological polar surface area (TPSA) is 77.0 Å². The number of hydrogen-bond donors (Lipinski definition) is 2. The van der Waals surface area contributed by atoms with Crippen LogP contribution >= 0.6 is 0 Å². The minimum Gasteiger partial charge on any atom is -0.462 e. The van der Waals surface area contributed by atoms with E-state index in [0.717, 1.165) is 25.7 Å². The van der Waals surface area contributed by atoms with Crippen molar-refractivity contribution in [1.29, 1.82) is 0 Å². The number of aliphatic hydroxyl groups excluding tert-OH is 1. The number of carbonyl (C=O) groups is 1. The van der Waals surface area contributed by atoms with Gasteiger partial charge in [0.2, 0.25) is 0 Å². The summed E-state index contributed by atoms with van der Waals surface area (Å²) in [5.74, 6) is -0.221. The number of rotatable bonds is 17. The highest BCUT2D eigenvalue weighted by Crippen LogP contribution is 2.21. The first kappa shape index (κ1) is 27.8. The van der Waals surface area contributed by atoms with Crippen LogP contribution in [0.3, 0.4) is 0 Å². The normalized spacial score (nSPS) is 22.9. The highest BCUT2D eigenvalue weighted by molar-refractivity contribution is 5.89. The number of piperidine rings is 1. The van der Waals surface area contributed by atoms with E-state index in [1.165, 1.54) is 51.4 Å². The molecule has 4 atom stereocenters.